The first kappa shape index (κ1) is 12.7. The Kier molecular flexibility index (Phi) is 3.61. The van der Waals surface area contributed by atoms with E-state index in [1.54, 1.807) is 30.3 Å². The molecule has 0 radical (unpaired) electrons. The molecule has 8 heteroatoms. The van der Waals surface area contributed by atoms with Gasteiger partial charge in [-0.05, 0) is 77.2 Å². The lowest BCUT2D eigenvalue weighted by atomic mass is 10.1. The number of hydrogen-bond donors (Lipinski definition) is 2. The normalized spacial score (nSPS) is 14.1. The molecular formula is C20H15BrN6O. The smallest absolute Gasteiger partial charge is 0.240 e. The molecule has 28 heavy (non-hydrogen) atoms. The van der Waals surface area contributed by atoms with E-state index in [2.05, 4.69) is 31.2 Å². The van der Waals surface area contributed by atoms with Gasteiger partial charge >= 0.3 is 0 Å². The summed E-state index contributed by atoms with van der Waals surface area (Å²) in [6, 6.07) is 12.2. The fourth-order valence-corrected chi connectivity index (χ4v) is 2.48. The van der Waals surface area contributed by atoms with Crippen LogP contribution in [0.2, 0.25) is 0 Å². The lowest BCUT2D eigenvalue weighted by Gasteiger charge is -2.14. The summed E-state index contributed by atoms with van der Waals surface area (Å²) >= 11 is 3.18. The maximum absolute atomic E-state index is 9.26. The van der Waals surface area contributed by atoms with Gasteiger partial charge in [0.2, 0.25) is 11.8 Å². The molecule has 0 atom stereocenters. The summed E-state index contributed by atoms with van der Waals surface area (Å²) in [4.78, 5) is 8.27. The third-order valence-corrected chi connectivity index (χ3v) is 4.28. The van der Waals surface area contributed by atoms with Crippen molar-refractivity contribution in [3.8, 4) is 23.8 Å². The highest BCUT2D eigenvalue weighted by Gasteiger charge is 2.16. The zero-order chi connectivity index (χ0) is 25.3. The molecule has 0 aliphatic carbocycles. The SMILES string of the molecule is [2H]C([2H])([2H])c1cc(C#N)cc(C([2H])([2H])[2H])c1Oc1nc(Nc2ccc(C#N)cc2)nc(N)c1Br. The molecule has 138 valence electrons. The van der Waals surface area contributed by atoms with Crippen LogP contribution in [0.4, 0.5) is 17.5 Å². The van der Waals surface area contributed by atoms with E-state index in [1.807, 2.05) is 6.07 Å². The quantitative estimate of drug-likeness (QED) is 0.601. The van der Waals surface area contributed by atoms with Gasteiger partial charge in [-0.1, -0.05) is 0 Å². The van der Waals surface area contributed by atoms with Gasteiger partial charge in [-0.25, -0.2) is 0 Å². The number of benzene rings is 2. The summed E-state index contributed by atoms with van der Waals surface area (Å²) in [5, 5.41) is 21.1. The van der Waals surface area contributed by atoms with Crippen LogP contribution in [0.3, 0.4) is 0 Å². The van der Waals surface area contributed by atoms with Gasteiger partial charge in [-0.3, -0.25) is 0 Å². The molecule has 1 heterocycles. The van der Waals surface area contributed by atoms with Crippen LogP contribution in [0.15, 0.2) is 40.9 Å². The van der Waals surface area contributed by atoms with Crippen LogP contribution in [0.1, 0.15) is 30.5 Å². The first-order chi connectivity index (χ1) is 15.8. The third kappa shape index (κ3) is 4.03. The standard InChI is InChI=1S/C20H15BrN6O/c1-11-7-14(10-23)8-12(2)17(11)28-19-16(21)18(24)26-20(27-19)25-15-5-3-13(9-22)4-6-15/h3-8H,1-2H3,(H3,24,25,26,27)/i1D3,2D3. The van der Waals surface area contributed by atoms with Crippen LogP contribution in [0, 0.1) is 36.4 Å². The first-order valence-corrected chi connectivity index (χ1v) is 8.50. The summed E-state index contributed by atoms with van der Waals surface area (Å²) in [5.74, 6) is -0.827. The van der Waals surface area contributed by atoms with E-state index in [0.717, 1.165) is 12.1 Å². The minimum absolute atomic E-state index is 0.0279. The summed E-state index contributed by atoms with van der Waals surface area (Å²) in [7, 11) is 0. The maximum Gasteiger partial charge on any atom is 0.240 e. The molecule has 3 N–H and O–H groups in total. The van der Waals surface area contributed by atoms with Gasteiger partial charge in [0.1, 0.15) is 16.0 Å². The number of halogens is 1. The molecule has 0 unspecified atom stereocenters. The highest BCUT2D eigenvalue weighted by molar-refractivity contribution is 9.10. The van der Waals surface area contributed by atoms with Crippen molar-refractivity contribution in [3.63, 3.8) is 0 Å². The molecule has 0 saturated carbocycles. The van der Waals surface area contributed by atoms with Crippen LogP contribution in [-0.2, 0) is 0 Å². The Morgan fingerprint density at radius 2 is 1.71 bits per heavy atom. The largest absolute Gasteiger partial charge is 0.437 e. The highest BCUT2D eigenvalue weighted by Crippen LogP contribution is 2.36. The Labute approximate surface area is 179 Å². The predicted molar refractivity (Wildman–Crippen MR) is 109 cm³/mol. The molecule has 0 amide bonds. The number of aromatic nitrogens is 2. The number of nitrogens with zero attached hydrogens (tertiary/aromatic N) is 4. The number of nitrogens with one attached hydrogen (secondary N) is 1. The fourth-order valence-electron chi connectivity index (χ4n) is 2.22. The molecule has 0 aliphatic rings. The number of nitriles is 2. The second kappa shape index (κ2) is 7.95. The van der Waals surface area contributed by atoms with Crippen molar-refractivity contribution < 1.29 is 13.0 Å². The van der Waals surface area contributed by atoms with Crippen molar-refractivity contribution in [1.82, 2.24) is 9.97 Å². The summed E-state index contributed by atoms with van der Waals surface area (Å²) in [5.41, 5.74) is 5.83. The fraction of sp³-hybridized carbons (Fsp3) is 0.100. The number of nitrogens with two attached hydrogens (primary N) is 1. The minimum Gasteiger partial charge on any atom is -0.437 e. The van der Waals surface area contributed by atoms with Crippen molar-refractivity contribution >= 4 is 33.4 Å². The Morgan fingerprint density at radius 3 is 2.29 bits per heavy atom. The molecule has 0 fully saturated rings. The van der Waals surface area contributed by atoms with Crippen LogP contribution >= 0.6 is 15.9 Å². The second-order valence-corrected chi connectivity index (χ2v) is 6.27. The second-order valence-electron chi connectivity index (χ2n) is 5.48. The van der Waals surface area contributed by atoms with E-state index in [-0.39, 0.29) is 27.7 Å². The van der Waals surface area contributed by atoms with E-state index in [9.17, 15) is 5.26 Å². The number of rotatable bonds is 4. The molecule has 0 spiro atoms. The lowest BCUT2D eigenvalue weighted by molar-refractivity contribution is 0.453. The molecule has 3 rings (SSSR count). The van der Waals surface area contributed by atoms with Gasteiger partial charge in [0.15, 0.2) is 0 Å². The van der Waals surface area contributed by atoms with E-state index in [1.165, 1.54) is 0 Å². The molecule has 0 saturated heterocycles. The monoisotopic (exact) mass is 440 g/mol. The lowest BCUT2D eigenvalue weighted by Crippen LogP contribution is -2.04. The first-order valence-electron chi connectivity index (χ1n) is 10.7. The van der Waals surface area contributed by atoms with Crippen LogP contribution in [-0.4, -0.2) is 9.97 Å². The Morgan fingerprint density at radius 1 is 1.07 bits per heavy atom. The van der Waals surface area contributed by atoms with E-state index < -0.39 is 30.6 Å². The minimum atomic E-state index is -2.79. The average Bonchev–Trinajstić information content (AvgIpc) is 2.76. The van der Waals surface area contributed by atoms with Gasteiger partial charge in [0, 0.05) is 13.9 Å². The number of anilines is 3. The number of hydrogen-bond acceptors (Lipinski definition) is 7. The third-order valence-electron chi connectivity index (χ3n) is 3.53. The zero-order valence-corrected chi connectivity index (χ0v) is 15.7. The summed E-state index contributed by atoms with van der Waals surface area (Å²) < 4.78 is 52.8. The van der Waals surface area contributed by atoms with Gasteiger partial charge < -0.3 is 15.8 Å². The highest BCUT2D eigenvalue weighted by atomic mass is 79.9. The Bertz CT molecular complexity index is 1290. The summed E-state index contributed by atoms with van der Waals surface area (Å²) in [6.07, 6.45) is 0. The van der Waals surface area contributed by atoms with E-state index in [0.29, 0.717) is 11.3 Å². The molecule has 7 nitrogen and oxygen atoms in total. The van der Waals surface area contributed by atoms with Gasteiger partial charge in [0.25, 0.3) is 0 Å². The molecular weight excluding hydrogens is 420 g/mol. The molecule has 2 aromatic carbocycles. The van der Waals surface area contributed by atoms with Crippen molar-refractivity contribution in [2.75, 3.05) is 11.1 Å². The van der Waals surface area contributed by atoms with Crippen molar-refractivity contribution in [1.29, 1.82) is 10.5 Å². The van der Waals surface area contributed by atoms with Crippen molar-refractivity contribution in [3.05, 3.63) is 63.1 Å². The Hall–Kier alpha value is -3.62. The summed E-state index contributed by atoms with van der Waals surface area (Å²) in [6.45, 7) is -5.59. The number of nitrogen functional groups attached to an aromatic ring is 1. The van der Waals surface area contributed by atoms with Gasteiger partial charge in [0.05, 0.1) is 23.3 Å². The average molecular weight is 441 g/mol. The van der Waals surface area contributed by atoms with E-state index in [4.69, 9.17) is 24.0 Å². The molecule has 0 bridgehead atoms. The number of aryl methyl sites for hydroxylation is 2. The number of ether oxygens (including phenoxy) is 1. The van der Waals surface area contributed by atoms with Crippen LogP contribution < -0.4 is 15.8 Å². The van der Waals surface area contributed by atoms with Crippen molar-refractivity contribution in [2.45, 2.75) is 13.7 Å². The van der Waals surface area contributed by atoms with Gasteiger partial charge in [-0.15, -0.1) is 0 Å². The van der Waals surface area contributed by atoms with Crippen LogP contribution in [0.25, 0.3) is 0 Å². The van der Waals surface area contributed by atoms with Crippen LogP contribution in [0.5, 0.6) is 11.6 Å². The maximum atomic E-state index is 9.26. The van der Waals surface area contributed by atoms with Crippen molar-refractivity contribution in [2.24, 2.45) is 0 Å². The predicted octanol–water partition coefficient (Wildman–Crippen LogP) is 4.72. The van der Waals surface area contributed by atoms with E-state index >= 15 is 0 Å². The Balaban J connectivity index is 2.13. The van der Waals surface area contributed by atoms with Gasteiger partial charge in [-0.2, -0.15) is 20.5 Å². The zero-order valence-electron chi connectivity index (χ0n) is 20.1. The molecule has 1 aromatic heterocycles. The topological polar surface area (TPSA) is 121 Å². The molecule has 0 aliphatic heterocycles. The molecule has 3 aromatic rings.